The number of benzene rings is 1. The molecule has 1 saturated carbocycles. The van der Waals surface area contributed by atoms with Crippen molar-refractivity contribution in [2.45, 2.75) is 37.8 Å². The van der Waals surface area contributed by atoms with Crippen LogP contribution >= 0.6 is 0 Å². The van der Waals surface area contributed by atoms with E-state index in [4.69, 9.17) is 11.5 Å². The minimum atomic E-state index is -0.774. The molecule has 1 fully saturated rings. The Kier molecular flexibility index (Phi) is 3.30. The molecule has 0 bridgehead atoms. The van der Waals surface area contributed by atoms with Crippen LogP contribution in [0.3, 0.4) is 0 Å². The van der Waals surface area contributed by atoms with Crippen molar-refractivity contribution in [2.24, 2.45) is 21.5 Å². The van der Waals surface area contributed by atoms with Crippen LogP contribution in [0.2, 0.25) is 0 Å². The number of anilines is 1. The Morgan fingerprint density at radius 1 is 1.20 bits per heavy atom. The van der Waals surface area contributed by atoms with Gasteiger partial charge in [0.25, 0.3) is 0 Å². The molecule has 1 aliphatic carbocycles. The van der Waals surface area contributed by atoms with E-state index in [9.17, 15) is 10.1 Å². The highest BCUT2D eigenvalue weighted by Gasteiger charge is 2.45. The Bertz CT molecular complexity index is 912. The third kappa shape index (κ3) is 2.27. The van der Waals surface area contributed by atoms with Crippen LogP contribution in [0.4, 0.5) is 11.4 Å². The maximum Gasteiger partial charge on any atom is 0.324 e. The van der Waals surface area contributed by atoms with E-state index in [2.05, 4.69) is 24.9 Å². The van der Waals surface area contributed by atoms with Gasteiger partial charge in [0.1, 0.15) is 16.9 Å². The van der Waals surface area contributed by atoms with E-state index in [0.717, 1.165) is 19.3 Å². The van der Waals surface area contributed by atoms with Crippen molar-refractivity contribution < 1.29 is 9.55 Å². The first kappa shape index (κ1) is 15.3. The lowest BCUT2D eigenvalue weighted by Crippen LogP contribution is -2.58. The van der Waals surface area contributed by atoms with E-state index >= 15 is 0 Å². The van der Waals surface area contributed by atoms with E-state index in [-0.39, 0.29) is 28.8 Å². The third-order valence-corrected chi connectivity index (χ3v) is 4.65. The van der Waals surface area contributed by atoms with Gasteiger partial charge < -0.3 is 11.5 Å². The molecule has 0 saturated heterocycles. The predicted octanol–water partition coefficient (Wildman–Crippen LogP) is 1.24. The molecule has 11 heteroatoms. The summed E-state index contributed by atoms with van der Waals surface area (Å²) in [6.07, 6.45) is 4.26. The Morgan fingerprint density at radius 3 is 2.68 bits per heavy atom. The fourth-order valence-corrected chi connectivity index (χ4v) is 3.66. The molecule has 130 valence electrons. The Balaban J connectivity index is 1.95. The number of fused-ring (bicyclic) bond motifs is 1. The zero-order chi connectivity index (χ0) is 17.6. The molecule has 2 heterocycles. The van der Waals surface area contributed by atoms with Crippen LogP contribution in [0.25, 0.3) is 11.0 Å². The minimum absolute atomic E-state index is 0.0591. The van der Waals surface area contributed by atoms with Crippen LogP contribution in [0.5, 0.6) is 0 Å². The Hall–Kier alpha value is -3.24. The largest absolute Gasteiger partial charge is 0.369 e. The van der Waals surface area contributed by atoms with Crippen molar-refractivity contribution in [2.75, 3.05) is 4.90 Å². The Morgan fingerprint density at radius 2 is 1.96 bits per heavy atom. The SMILES string of the molecule is NC1=NC2(CCCCC2)N(c2ccc3nonc3c2[N+](=O)[O-])C(N)=N1. The van der Waals surface area contributed by atoms with Gasteiger partial charge in [0.2, 0.25) is 17.4 Å². The molecule has 2 aliphatic rings. The minimum Gasteiger partial charge on any atom is -0.369 e. The summed E-state index contributed by atoms with van der Waals surface area (Å²) in [5.41, 5.74) is 11.6. The number of rotatable bonds is 2. The van der Waals surface area contributed by atoms with Crippen LogP contribution in [0.15, 0.2) is 26.7 Å². The summed E-state index contributed by atoms with van der Waals surface area (Å²) in [7, 11) is 0. The van der Waals surface area contributed by atoms with Gasteiger partial charge >= 0.3 is 5.69 Å². The average Bonchev–Trinajstić information content (AvgIpc) is 3.02. The number of nitro groups is 1. The van der Waals surface area contributed by atoms with E-state index in [1.54, 1.807) is 17.0 Å². The molecule has 1 aliphatic heterocycles. The van der Waals surface area contributed by atoms with Crippen LogP contribution in [0.1, 0.15) is 32.1 Å². The summed E-state index contributed by atoms with van der Waals surface area (Å²) in [6.45, 7) is 0. The molecule has 0 radical (unpaired) electrons. The van der Waals surface area contributed by atoms with E-state index in [1.165, 1.54) is 0 Å². The van der Waals surface area contributed by atoms with Crippen LogP contribution in [0, 0.1) is 10.1 Å². The normalized spacial score (nSPS) is 19.8. The monoisotopic (exact) mass is 344 g/mol. The lowest BCUT2D eigenvalue weighted by Gasteiger charge is -2.45. The topological polar surface area (TPSA) is 162 Å². The highest BCUT2D eigenvalue weighted by molar-refractivity contribution is 6.08. The molecule has 1 aromatic carbocycles. The average molecular weight is 344 g/mol. The summed E-state index contributed by atoms with van der Waals surface area (Å²) in [6, 6.07) is 3.17. The molecule has 11 nitrogen and oxygen atoms in total. The van der Waals surface area contributed by atoms with Crippen LogP contribution in [-0.4, -0.2) is 32.8 Å². The maximum atomic E-state index is 11.7. The van der Waals surface area contributed by atoms with E-state index < -0.39 is 10.6 Å². The van der Waals surface area contributed by atoms with Gasteiger partial charge in [-0.25, -0.2) is 9.62 Å². The molecule has 0 atom stereocenters. The molecule has 0 unspecified atom stereocenters. The molecule has 4 rings (SSSR count). The summed E-state index contributed by atoms with van der Waals surface area (Å²) < 4.78 is 4.65. The highest BCUT2D eigenvalue weighted by atomic mass is 16.6. The smallest absolute Gasteiger partial charge is 0.324 e. The first-order valence-electron chi connectivity index (χ1n) is 7.91. The second-order valence-electron chi connectivity index (χ2n) is 6.14. The first-order chi connectivity index (χ1) is 12.0. The van der Waals surface area contributed by atoms with Crippen LogP contribution in [-0.2, 0) is 0 Å². The zero-order valence-corrected chi connectivity index (χ0v) is 13.3. The molecule has 4 N–H and O–H groups in total. The van der Waals surface area contributed by atoms with Crippen molar-refractivity contribution >= 4 is 34.3 Å². The van der Waals surface area contributed by atoms with Crippen molar-refractivity contribution in [3.05, 3.63) is 22.2 Å². The molecule has 2 aromatic rings. The van der Waals surface area contributed by atoms with Crippen LogP contribution < -0.4 is 16.4 Å². The van der Waals surface area contributed by atoms with Gasteiger partial charge in [0, 0.05) is 0 Å². The molecular weight excluding hydrogens is 328 g/mol. The number of nitro benzene ring substituents is 1. The summed E-state index contributed by atoms with van der Waals surface area (Å²) in [5, 5.41) is 19.1. The predicted molar refractivity (Wildman–Crippen MR) is 90.0 cm³/mol. The summed E-state index contributed by atoms with van der Waals surface area (Å²) >= 11 is 0. The number of hydrogen-bond acceptors (Lipinski definition) is 10. The zero-order valence-electron chi connectivity index (χ0n) is 13.3. The fourth-order valence-electron chi connectivity index (χ4n) is 3.66. The highest BCUT2D eigenvalue weighted by Crippen LogP contribution is 2.44. The lowest BCUT2D eigenvalue weighted by atomic mass is 9.87. The van der Waals surface area contributed by atoms with Gasteiger partial charge in [-0.2, -0.15) is 4.99 Å². The van der Waals surface area contributed by atoms with Crippen molar-refractivity contribution in [1.29, 1.82) is 0 Å². The second kappa shape index (κ2) is 5.40. The maximum absolute atomic E-state index is 11.7. The van der Waals surface area contributed by atoms with Gasteiger partial charge in [-0.05, 0) is 48.1 Å². The van der Waals surface area contributed by atoms with Gasteiger partial charge in [-0.3, -0.25) is 15.0 Å². The van der Waals surface area contributed by atoms with E-state index in [0.29, 0.717) is 18.4 Å². The van der Waals surface area contributed by atoms with Crippen molar-refractivity contribution in [1.82, 2.24) is 10.3 Å². The number of nitrogens with zero attached hydrogens (tertiary/aromatic N) is 6. The third-order valence-electron chi connectivity index (χ3n) is 4.65. The number of hydrogen-bond donors (Lipinski definition) is 2. The lowest BCUT2D eigenvalue weighted by molar-refractivity contribution is -0.382. The molecule has 1 spiro atoms. The number of aromatic nitrogens is 2. The van der Waals surface area contributed by atoms with Gasteiger partial charge in [-0.15, -0.1) is 0 Å². The molecular formula is C14H16N8O3. The second-order valence-corrected chi connectivity index (χ2v) is 6.14. The van der Waals surface area contributed by atoms with Gasteiger partial charge in [0.05, 0.1) is 4.92 Å². The summed E-state index contributed by atoms with van der Waals surface area (Å²) in [4.78, 5) is 21.4. The first-order valence-corrected chi connectivity index (χ1v) is 7.91. The number of aliphatic imine (C=N–C) groups is 2. The van der Waals surface area contributed by atoms with Gasteiger partial charge in [0.15, 0.2) is 0 Å². The standard InChI is InChI=1S/C14H16N8O3/c15-12-17-13(16)21(14(18-12)6-2-1-3-7-14)9-5-4-8-10(20-25-19-8)11(9)22(23)24/h4-5H,1-3,6-7H2,(H4,15,16,17,18). The molecule has 25 heavy (non-hydrogen) atoms. The van der Waals surface area contributed by atoms with Gasteiger partial charge in [-0.1, -0.05) is 6.42 Å². The van der Waals surface area contributed by atoms with Crippen molar-refractivity contribution in [3.63, 3.8) is 0 Å². The quantitative estimate of drug-likeness (QED) is 0.607. The van der Waals surface area contributed by atoms with Crippen molar-refractivity contribution in [3.8, 4) is 0 Å². The fraction of sp³-hybridized carbons (Fsp3) is 0.429. The van der Waals surface area contributed by atoms with E-state index in [1.807, 2.05) is 0 Å². The molecule has 1 aromatic heterocycles. The number of guanidine groups is 2. The molecule has 0 amide bonds. The Labute approximate surface area is 141 Å². The number of nitrogens with two attached hydrogens (primary N) is 2. The summed E-state index contributed by atoms with van der Waals surface area (Å²) in [5.74, 6) is 0.163.